The average Bonchev–Trinajstić information content (AvgIpc) is 3.45. The third-order valence-electron chi connectivity index (χ3n) is 6.27. The Bertz CT molecular complexity index is 1120. The summed E-state index contributed by atoms with van der Waals surface area (Å²) in [5, 5.41) is 0. The van der Waals surface area contributed by atoms with Crippen molar-refractivity contribution in [3.8, 4) is 0 Å². The molecule has 0 nitrogen and oxygen atoms in total. The molecule has 1 fully saturated rings. The van der Waals surface area contributed by atoms with Crippen LogP contribution in [0.25, 0.3) is 0 Å². The van der Waals surface area contributed by atoms with E-state index >= 15 is 0 Å². The van der Waals surface area contributed by atoms with E-state index in [0.29, 0.717) is 29.9 Å². The maximum atomic E-state index is 2.40. The second-order valence-electron chi connectivity index (χ2n) is 7.65. The summed E-state index contributed by atoms with van der Waals surface area (Å²) in [5.74, 6) is 0. The third kappa shape index (κ3) is 2.03. The van der Waals surface area contributed by atoms with Crippen molar-refractivity contribution >= 4 is 59.5 Å². The predicted octanol–water partition coefficient (Wildman–Crippen LogP) is 2.56. The Morgan fingerprint density at radius 2 is 0.690 bits per heavy atom. The zero-order chi connectivity index (χ0) is 19.1. The van der Waals surface area contributed by atoms with Gasteiger partial charge in [0.05, 0.1) is 0 Å². The molecule has 0 bridgehead atoms. The van der Waals surface area contributed by atoms with E-state index in [-0.39, 0.29) is 9.49 Å². The minimum atomic E-state index is -0.0110. The topological polar surface area (TPSA) is 0 Å². The average molecular weight is 518 g/mol. The van der Waals surface area contributed by atoms with Crippen LogP contribution in [0.5, 0.6) is 0 Å². The quantitative estimate of drug-likeness (QED) is 0.255. The second kappa shape index (κ2) is 5.91. The Hall–Kier alpha value is -1.73. The molecule has 2 spiro atoms. The summed E-state index contributed by atoms with van der Waals surface area (Å²) >= 11 is 2.92. The standard InChI is InChI=1S/C26H16SSe2/c1-5-13-21-17(9-1)25(18-10-2-6-14-22(18)28-21)26(27-25)19-11-3-7-15-23(19)29-24-16-8-4-12-20(24)26/h1-16H. The van der Waals surface area contributed by atoms with Crippen LogP contribution in [0.3, 0.4) is 0 Å². The fraction of sp³-hybridized carbons (Fsp3) is 0.0769. The van der Waals surface area contributed by atoms with E-state index in [2.05, 4.69) is 109 Å². The molecule has 1 saturated heterocycles. The van der Waals surface area contributed by atoms with Crippen molar-refractivity contribution < 1.29 is 0 Å². The van der Waals surface area contributed by atoms with Gasteiger partial charge in [0.15, 0.2) is 0 Å². The normalized spacial score (nSPS) is 18.5. The van der Waals surface area contributed by atoms with Crippen LogP contribution >= 0.6 is 11.8 Å². The first-order chi connectivity index (χ1) is 14.3. The number of hydrogen-bond donors (Lipinski definition) is 0. The van der Waals surface area contributed by atoms with E-state index in [4.69, 9.17) is 0 Å². The van der Waals surface area contributed by atoms with Crippen molar-refractivity contribution in [2.75, 3.05) is 0 Å². The van der Waals surface area contributed by atoms with E-state index in [1.165, 1.54) is 0 Å². The Labute approximate surface area is 187 Å². The number of thioether (sulfide) groups is 1. The SMILES string of the molecule is c1ccc2c(c1)[Se]c1ccccc1C21SC12c1ccccc1[Se]c1ccccc12. The van der Waals surface area contributed by atoms with Gasteiger partial charge in [0.1, 0.15) is 0 Å². The van der Waals surface area contributed by atoms with Crippen LogP contribution in [0.2, 0.25) is 0 Å². The van der Waals surface area contributed by atoms with Crippen LogP contribution in [0.15, 0.2) is 97.1 Å². The van der Waals surface area contributed by atoms with Gasteiger partial charge in [-0.15, -0.1) is 0 Å². The molecule has 0 aromatic heterocycles. The first-order valence-corrected chi connectivity index (χ1v) is 14.0. The molecule has 0 aliphatic carbocycles. The molecule has 3 heterocycles. The molecule has 0 radical (unpaired) electrons. The van der Waals surface area contributed by atoms with Crippen LogP contribution in [0, 0.1) is 0 Å². The van der Waals surface area contributed by atoms with Crippen molar-refractivity contribution in [2.24, 2.45) is 0 Å². The van der Waals surface area contributed by atoms with E-state index in [1.807, 2.05) is 0 Å². The van der Waals surface area contributed by atoms with Gasteiger partial charge >= 0.3 is 188 Å². The number of hydrogen-bond acceptors (Lipinski definition) is 1. The molecular weight excluding hydrogens is 502 g/mol. The summed E-state index contributed by atoms with van der Waals surface area (Å²) < 4.78 is 6.18. The van der Waals surface area contributed by atoms with Crippen LogP contribution in [0.4, 0.5) is 0 Å². The summed E-state index contributed by atoms with van der Waals surface area (Å²) in [6.07, 6.45) is 0. The van der Waals surface area contributed by atoms with Crippen molar-refractivity contribution in [3.05, 3.63) is 119 Å². The molecule has 3 heteroatoms. The fourth-order valence-corrected chi connectivity index (χ4v) is 12.7. The summed E-state index contributed by atoms with van der Waals surface area (Å²) in [5.41, 5.74) is 6.18. The third-order valence-corrected chi connectivity index (χ3v) is 13.0. The van der Waals surface area contributed by atoms with Gasteiger partial charge in [0.25, 0.3) is 0 Å². The number of rotatable bonds is 0. The molecule has 0 saturated carbocycles. The van der Waals surface area contributed by atoms with Crippen LogP contribution in [0.1, 0.15) is 22.3 Å². The van der Waals surface area contributed by atoms with Gasteiger partial charge in [-0.2, -0.15) is 0 Å². The van der Waals surface area contributed by atoms with Crippen LogP contribution in [-0.4, -0.2) is 29.9 Å². The second-order valence-corrected chi connectivity index (χ2v) is 13.6. The monoisotopic (exact) mass is 520 g/mol. The van der Waals surface area contributed by atoms with Crippen molar-refractivity contribution in [1.29, 1.82) is 0 Å². The van der Waals surface area contributed by atoms with E-state index in [0.717, 1.165) is 0 Å². The van der Waals surface area contributed by atoms with Gasteiger partial charge in [-0.05, 0) is 0 Å². The summed E-state index contributed by atoms with van der Waals surface area (Å²) in [4.78, 5) is 0. The number of fused-ring (bicyclic) bond motifs is 9. The Morgan fingerprint density at radius 3 is 1.00 bits per heavy atom. The summed E-state index contributed by atoms with van der Waals surface area (Å²) in [7, 11) is 0. The molecule has 3 aliphatic heterocycles. The zero-order valence-electron chi connectivity index (χ0n) is 15.5. The minimum absolute atomic E-state index is 0.0110. The van der Waals surface area contributed by atoms with Crippen molar-refractivity contribution in [1.82, 2.24) is 0 Å². The fourth-order valence-electron chi connectivity index (χ4n) is 5.10. The molecule has 0 amide bonds. The van der Waals surface area contributed by atoms with E-state index < -0.39 is 0 Å². The molecule has 3 aliphatic rings. The van der Waals surface area contributed by atoms with Gasteiger partial charge in [0, 0.05) is 0 Å². The first kappa shape index (κ1) is 17.0. The summed E-state index contributed by atoms with van der Waals surface area (Å²) in [6.45, 7) is 0. The van der Waals surface area contributed by atoms with Crippen LogP contribution in [-0.2, 0) is 9.49 Å². The van der Waals surface area contributed by atoms with Gasteiger partial charge in [-0.25, -0.2) is 0 Å². The molecule has 7 rings (SSSR count). The molecule has 0 unspecified atom stereocenters. The van der Waals surface area contributed by atoms with E-state index in [9.17, 15) is 0 Å². The van der Waals surface area contributed by atoms with Crippen molar-refractivity contribution in [2.45, 2.75) is 9.49 Å². The van der Waals surface area contributed by atoms with E-state index in [1.54, 1.807) is 40.1 Å². The molecular formula is C26H16SSe2. The Kier molecular flexibility index (Phi) is 3.47. The number of benzene rings is 4. The zero-order valence-corrected chi connectivity index (χ0v) is 19.7. The Morgan fingerprint density at radius 1 is 0.414 bits per heavy atom. The van der Waals surface area contributed by atoms with Gasteiger partial charge in [-0.1, -0.05) is 0 Å². The molecule has 0 atom stereocenters. The predicted molar refractivity (Wildman–Crippen MR) is 125 cm³/mol. The van der Waals surface area contributed by atoms with Gasteiger partial charge in [-0.3, -0.25) is 0 Å². The van der Waals surface area contributed by atoms with Crippen molar-refractivity contribution in [3.63, 3.8) is 0 Å². The van der Waals surface area contributed by atoms with Gasteiger partial charge < -0.3 is 0 Å². The van der Waals surface area contributed by atoms with Gasteiger partial charge in [0.2, 0.25) is 0 Å². The maximum absolute atomic E-state index is 2.40. The van der Waals surface area contributed by atoms with Crippen LogP contribution < -0.4 is 17.8 Å². The molecule has 29 heavy (non-hydrogen) atoms. The molecule has 0 N–H and O–H groups in total. The molecule has 4 aromatic rings. The molecule has 4 aromatic carbocycles. The first-order valence-electron chi connectivity index (χ1n) is 9.78. The summed E-state index contributed by atoms with van der Waals surface area (Å²) in [6, 6.07) is 36.9. The Balaban J connectivity index is 1.62. The molecule has 138 valence electrons.